The summed E-state index contributed by atoms with van der Waals surface area (Å²) in [5.41, 5.74) is -1.59. The molecule has 10 heteroatoms. The van der Waals surface area contributed by atoms with Crippen molar-refractivity contribution in [1.29, 1.82) is 0 Å². The van der Waals surface area contributed by atoms with Gasteiger partial charge in [0.15, 0.2) is 5.92 Å². The van der Waals surface area contributed by atoms with E-state index >= 15 is 0 Å². The summed E-state index contributed by atoms with van der Waals surface area (Å²) in [6, 6.07) is -0.770. The number of esters is 2. The molecule has 2 heterocycles. The monoisotopic (exact) mass is 414 g/mol. The lowest BCUT2D eigenvalue weighted by Gasteiger charge is -2.35. The second kappa shape index (κ2) is 8.56. The molecular weight excluding hydrogens is 384 g/mol. The smallest absolute Gasteiger partial charge is 0.413 e. The van der Waals surface area contributed by atoms with Gasteiger partial charge in [0.25, 0.3) is 0 Å². The van der Waals surface area contributed by atoms with E-state index in [4.69, 9.17) is 23.8 Å². The Kier molecular flexibility index (Phi) is 6.77. The first-order valence-corrected chi connectivity index (χ1v) is 9.66. The van der Waals surface area contributed by atoms with E-state index in [9.17, 15) is 14.4 Å². The molecule has 2 aliphatic heterocycles. The molecule has 0 radical (unpaired) electrons. The van der Waals surface area contributed by atoms with Gasteiger partial charge in [-0.1, -0.05) is 5.16 Å². The molecule has 0 aromatic heterocycles. The zero-order chi connectivity index (χ0) is 22.0. The van der Waals surface area contributed by atoms with Crippen molar-refractivity contribution in [1.82, 2.24) is 4.90 Å². The summed E-state index contributed by atoms with van der Waals surface area (Å²) in [5, 5.41) is 3.97. The predicted octanol–water partition coefficient (Wildman–Crippen LogP) is 1.86. The maximum absolute atomic E-state index is 12.9. The summed E-state index contributed by atoms with van der Waals surface area (Å²) in [6.07, 6.45) is -1.91. The van der Waals surface area contributed by atoms with Crippen molar-refractivity contribution in [2.45, 2.75) is 71.9 Å². The fourth-order valence-electron chi connectivity index (χ4n) is 3.22. The highest BCUT2D eigenvalue weighted by atomic mass is 16.7. The third-order valence-corrected chi connectivity index (χ3v) is 4.37. The summed E-state index contributed by atoms with van der Waals surface area (Å²) < 4.78 is 21.4. The molecule has 0 saturated carbocycles. The molecule has 0 N–H and O–H groups in total. The van der Waals surface area contributed by atoms with Crippen LogP contribution in [0, 0.1) is 5.92 Å². The molecule has 0 bridgehead atoms. The van der Waals surface area contributed by atoms with Crippen LogP contribution < -0.4 is 0 Å². The minimum atomic E-state index is -1.28. The number of rotatable bonds is 5. The molecule has 1 saturated heterocycles. The lowest BCUT2D eigenvalue weighted by molar-refractivity contribution is -0.164. The van der Waals surface area contributed by atoms with Gasteiger partial charge in [0.2, 0.25) is 6.10 Å². The SMILES string of the molecule is CCOC(=O)[C@H]1C([C@@H]2COC(C)(C)N2C(=O)OC(C)(C)C)=NO[C@@H]1C(=O)OCC. The van der Waals surface area contributed by atoms with Crippen molar-refractivity contribution >= 4 is 23.7 Å². The molecule has 0 aromatic carbocycles. The molecule has 0 aromatic rings. The number of amides is 1. The molecule has 0 spiro atoms. The van der Waals surface area contributed by atoms with E-state index in [1.54, 1.807) is 48.5 Å². The Balaban J connectivity index is 2.36. The Morgan fingerprint density at radius 2 is 1.72 bits per heavy atom. The molecule has 0 aliphatic carbocycles. The van der Waals surface area contributed by atoms with Crippen molar-refractivity contribution in [3.05, 3.63) is 0 Å². The van der Waals surface area contributed by atoms with E-state index in [0.717, 1.165) is 0 Å². The fraction of sp³-hybridized carbons (Fsp3) is 0.789. The van der Waals surface area contributed by atoms with Gasteiger partial charge < -0.3 is 23.8 Å². The van der Waals surface area contributed by atoms with E-state index in [1.807, 2.05) is 0 Å². The zero-order valence-corrected chi connectivity index (χ0v) is 18.0. The topological polar surface area (TPSA) is 113 Å². The molecule has 10 nitrogen and oxygen atoms in total. The van der Waals surface area contributed by atoms with Crippen molar-refractivity contribution in [3.8, 4) is 0 Å². The molecule has 164 valence electrons. The summed E-state index contributed by atoms with van der Waals surface area (Å²) in [5.74, 6) is -2.57. The molecule has 2 rings (SSSR count). The first-order chi connectivity index (χ1) is 13.4. The third-order valence-electron chi connectivity index (χ3n) is 4.37. The largest absolute Gasteiger partial charge is 0.465 e. The van der Waals surface area contributed by atoms with E-state index in [2.05, 4.69) is 5.16 Å². The van der Waals surface area contributed by atoms with Crippen molar-refractivity contribution < 1.29 is 38.2 Å². The number of ether oxygens (including phenoxy) is 4. The Bertz CT molecular complexity index is 682. The van der Waals surface area contributed by atoms with Crippen molar-refractivity contribution in [3.63, 3.8) is 0 Å². The molecule has 3 atom stereocenters. The highest BCUT2D eigenvalue weighted by Gasteiger charge is 2.55. The van der Waals surface area contributed by atoms with Crippen LogP contribution in [-0.2, 0) is 33.4 Å². The molecule has 1 amide bonds. The van der Waals surface area contributed by atoms with Crippen LogP contribution >= 0.6 is 0 Å². The van der Waals surface area contributed by atoms with Crippen LogP contribution in [0.25, 0.3) is 0 Å². The van der Waals surface area contributed by atoms with Crippen molar-refractivity contribution in [2.24, 2.45) is 11.1 Å². The number of hydrogen-bond acceptors (Lipinski definition) is 9. The normalized spacial score (nSPS) is 25.8. The Morgan fingerprint density at radius 3 is 2.28 bits per heavy atom. The molecular formula is C19H30N2O8. The van der Waals surface area contributed by atoms with E-state index in [1.165, 1.54) is 4.90 Å². The maximum atomic E-state index is 12.9. The fourth-order valence-corrected chi connectivity index (χ4v) is 3.22. The number of carbonyl (C=O) groups is 3. The van der Waals surface area contributed by atoms with E-state index < -0.39 is 47.4 Å². The van der Waals surface area contributed by atoms with Gasteiger partial charge in [0, 0.05) is 0 Å². The highest BCUT2D eigenvalue weighted by Crippen LogP contribution is 2.35. The zero-order valence-electron chi connectivity index (χ0n) is 18.0. The van der Waals surface area contributed by atoms with Gasteiger partial charge in [-0.3, -0.25) is 9.69 Å². The van der Waals surface area contributed by atoms with Gasteiger partial charge in [-0.15, -0.1) is 0 Å². The first-order valence-electron chi connectivity index (χ1n) is 9.66. The second-order valence-electron chi connectivity index (χ2n) is 8.15. The number of oxime groups is 1. The predicted molar refractivity (Wildman–Crippen MR) is 101 cm³/mol. The van der Waals surface area contributed by atoms with Crippen LogP contribution in [0.1, 0.15) is 48.5 Å². The quantitative estimate of drug-likeness (QED) is 0.495. The van der Waals surface area contributed by atoms with E-state index in [0.29, 0.717) is 0 Å². The average molecular weight is 414 g/mol. The Morgan fingerprint density at radius 1 is 1.14 bits per heavy atom. The molecule has 2 aliphatic rings. The van der Waals surface area contributed by atoms with Crippen LogP contribution in [0.4, 0.5) is 4.79 Å². The summed E-state index contributed by atoms with van der Waals surface area (Å²) in [7, 11) is 0. The lowest BCUT2D eigenvalue weighted by Crippen LogP contribution is -2.54. The number of carbonyl (C=O) groups excluding carboxylic acids is 3. The van der Waals surface area contributed by atoms with Gasteiger partial charge >= 0.3 is 18.0 Å². The first kappa shape index (κ1) is 22.9. The summed E-state index contributed by atoms with van der Waals surface area (Å²) in [4.78, 5) is 44.4. The summed E-state index contributed by atoms with van der Waals surface area (Å²) >= 11 is 0. The molecule has 29 heavy (non-hydrogen) atoms. The molecule has 1 fully saturated rings. The Labute approximate surface area is 170 Å². The van der Waals surface area contributed by atoms with Crippen LogP contribution in [0.15, 0.2) is 5.16 Å². The third kappa shape index (κ3) is 4.98. The van der Waals surface area contributed by atoms with Crippen molar-refractivity contribution in [2.75, 3.05) is 19.8 Å². The van der Waals surface area contributed by atoms with Gasteiger partial charge in [-0.2, -0.15) is 0 Å². The summed E-state index contributed by atoms with van der Waals surface area (Å²) in [6.45, 7) is 12.2. The second-order valence-corrected chi connectivity index (χ2v) is 8.15. The van der Waals surface area contributed by atoms with Gasteiger partial charge in [0.1, 0.15) is 23.1 Å². The average Bonchev–Trinajstić information content (AvgIpc) is 3.14. The number of hydrogen-bond donors (Lipinski definition) is 0. The van der Waals surface area contributed by atoms with Gasteiger partial charge in [-0.05, 0) is 48.5 Å². The number of nitrogens with zero attached hydrogens (tertiary/aromatic N) is 2. The van der Waals surface area contributed by atoms with Crippen LogP contribution in [0.5, 0.6) is 0 Å². The van der Waals surface area contributed by atoms with Gasteiger partial charge in [0.05, 0.1) is 19.8 Å². The van der Waals surface area contributed by atoms with Gasteiger partial charge in [-0.25, -0.2) is 9.59 Å². The van der Waals surface area contributed by atoms with Crippen LogP contribution in [-0.4, -0.2) is 71.9 Å². The maximum Gasteiger partial charge on any atom is 0.413 e. The van der Waals surface area contributed by atoms with E-state index in [-0.39, 0.29) is 25.5 Å². The highest BCUT2D eigenvalue weighted by molar-refractivity contribution is 6.10. The standard InChI is InChI=1S/C19H30N2O8/c1-8-25-15(22)12-13(20-29-14(12)16(23)26-9-2)11-10-27-19(6,7)21(11)17(24)28-18(3,4)5/h11-12,14H,8-10H2,1-7H3/t11-,12-,14-/m0/s1. The van der Waals surface area contributed by atoms with Crippen LogP contribution in [0.3, 0.4) is 0 Å². The lowest BCUT2D eigenvalue weighted by atomic mass is 9.92. The minimum Gasteiger partial charge on any atom is -0.465 e. The molecule has 0 unspecified atom stereocenters. The Hall–Kier alpha value is -2.36. The van der Waals surface area contributed by atoms with Crippen LogP contribution in [0.2, 0.25) is 0 Å². The minimum absolute atomic E-state index is 0.0554.